The summed E-state index contributed by atoms with van der Waals surface area (Å²) in [5.74, 6) is -0.512. The summed E-state index contributed by atoms with van der Waals surface area (Å²) in [5.41, 5.74) is 0. The minimum Gasteiger partial charge on any atom is -0.341 e. The largest absolute Gasteiger partial charge is 0.341 e. The number of carbonyl (C=O) groups excluding carboxylic acids is 2. The molecule has 2 unspecified atom stereocenters. The van der Waals surface area contributed by atoms with Gasteiger partial charge in [-0.05, 0) is 20.4 Å². The van der Waals surface area contributed by atoms with Crippen LogP contribution in [-0.4, -0.2) is 43.0 Å². The van der Waals surface area contributed by atoms with Crippen molar-refractivity contribution >= 4 is 11.9 Å². The summed E-state index contributed by atoms with van der Waals surface area (Å²) in [6, 6.07) is 1.16. The Morgan fingerprint density at radius 1 is 1.41 bits per heavy atom. The fourth-order valence-electron chi connectivity index (χ4n) is 1.40. The molecule has 6 heteroatoms. The maximum absolute atomic E-state index is 11.7. The van der Waals surface area contributed by atoms with Gasteiger partial charge in [0, 0.05) is 13.6 Å². The van der Waals surface area contributed by atoms with Crippen molar-refractivity contribution in [2.45, 2.75) is 26.8 Å². The van der Waals surface area contributed by atoms with Crippen molar-refractivity contribution in [1.29, 1.82) is 5.26 Å². The summed E-state index contributed by atoms with van der Waals surface area (Å²) < 4.78 is 0. The van der Waals surface area contributed by atoms with Gasteiger partial charge in [-0.3, -0.25) is 15.0 Å². The quantitative estimate of drug-likeness (QED) is 0.724. The van der Waals surface area contributed by atoms with Crippen LogP contribution >= 0.6 is 0 Å². The molecule has 17 heavy (non-hydrogen) atoms. The third-order valence-corrected chi connectivity index (χ3v) is 2.53. The monoisotopic (exact) mass is 240 g/mol. The summed E-state index contributed by atoms with van der Waals surface area (Å²) in [4.78, 5) is 24.5. The SMILES string of the molecule is CCN(CC(C)C#N)C(C)C(=O)NC(=O)NC. The standard InChI is InChI=1S/C11H20N4O2/c1-5-15(7-8(2)6-12)9(3)10(16)14-11(17)13-4/h8-9H,5,7H2,1-4H3,(H2,13,14,16,17). The molecule has 0 aliphatic carbocycles. The lowest BCUT2D eigenvalue weighted by molar-refractivity contribution is -0.124. The predicted octanol–water partition coefficient (Wildman–Crippen LogP) is 0.312. The number of hydrogen-bond acceptors (Lipinski definition) is 4. The van der Waals surface area contributed by atoms with Crippen molar-refractivity contribution in [2.24, 2.45) is 5.92 Å². The number of carbonyl (C=O) groups is 2. The molecular weight excluding hydrogens is 220 g/mol. The maximum atomic E-state index is 11.7. The lowest BCUT2D eigenvalue weighted by atomic mass is 10.1. The number of urea groups is 1. The molecule has 3 amide bonds. The van der Waals surface area contributed by atoms with E-state index in [0.29, 0.717) is 13.1 Å². The average Bonchev–Trinajstić information content (AvgIpc) is 2.34. The van der Waals surface area contributed by atoms with E-state index in [-0.39, 0.29) is 11.8 Å². The Labute approximate surface area is 102 Å². The highest BCUT2D eigenvalue weighted by atomic mass is 16.2. The van der Waals surface area contributed by atoms with E-state index in [0.717, 1.165) is 0 Å². The van der Waals surface area contributed by atoms with Gasteiger partial charge in [0.1, 0.15) is 0 Å². The molecule has 2 atom stereocenters. The van der Waals surface area contributed by atoms with Crippen molar-refractivity contribution < 1.29 is 9.59 Å². The Balaban J connectivity index is 4.43. The normalized spacial score (nSPS) is 13.6. The second-order valence-electron chi connectivity index (χ2n) is 3.86. The van der Waals surface area contributed by atoms with E-state index in [4.69, 9.17) is 5.26 Å². The highest BCUT2D eigenvalue weighted by molar-refractivity contribution is 5.96. The highest BCUT2D eigenvalue weighted by Gasteiger charge is 2.22. The van der Waals surface area contributed by atoms with Crippen molar-refractivity contribution in [2.75, 3.05) is 20.1 Å². The Morgan fingerprint density at radius 3 is 2.41 bits per heavy atom. The Kier molecular flexibility index (Phi) is 6.91. The van der Waals surface area contributed by atoms with E-state index in [1.165, 1.54) is 7.05 Å². The molecule has 0 saturated heterocycles. The lowest BCUT2D eigenvalue weighted by Crippen LogP contribution is -2.49. The summed E-state index contributed by atoms with van der Waals surface area (Å²) in [5, 5.41) is 13.3. The summed E-state index contributed by atoms with van der Waals surface area (Å²) in [6.07, 6.45) is 0. The van der Waals surface area contributed by atoms with Gasteiger partial charge in [0.15, 0.2) is 0 Å². The Morgan fingerprint density at radius 2 is 2.00 bits per heavy atom. The molecule has 2 N–H and O–H groups in total. The molecule has 0 heterocycles. The molecular formula is C11H20N4O2. The van der Waals surface area contributed by atoms with E-state index in [2.05, 4.69) is 16.7 Å². The van der Waals surface area contributed by atoms with Crippen molar-refractivity contribution in [3.8, 4) is 6.07 Å². The van der Waals surface area contributed by atoms with Gasteiger partial charge in [-0.15, -0.1) is 0 Å². The number of imide groups is 1. The molecule has 0 radical (unpaired) electrons. The first kappa shape index (κ1) is 15.4. The van der Waals surface area contributed by atoms with Gasteiger partial charge in [0.2, 0.25) is 5.91 Å². The van der Waals surface area contributed by atoms with Crippen LogP contribution in [0.2, 0.25) is 0 Å². The molecule has 0 fully saturated rings. The average molecular weight is 240 g/mol. The van der Waals surface area contributed by atoms with E-state index < -0.39 is 12.1 Å². The van der Waals surface area contributed by atoms with Crippen LogP contribution in [0.3, 0.4) is 0 Å². The molecule has 0 aromatic heterocycles. The van der Waals surface area contributed by atoms with E-state index in [9.17, 15) is 9.59 Å². The zero-order valence-electron chi connectivity index (χ0n) is 10.8. The van der Waals surface area contributed by atoms with Crippen LogP contribution in [0.15, 0.2) is 0 Å². The van der Waals surface area contributed by atoms with Crippen LogP contribution in [0.1, 0.15) is 20.8 Å². The van der Waals surface area contributed by atoms with Crippen molar-refractivity contribution in [3.05, 3.63) is 0 Å². The fraction of sp³-hybridized carbons (Fsp3) is 0.727. The zero-order valence-corrected chi connectivity index (χ0v) is 10.8. The fourth-order valence-corrected chi connectivity index (χ4v) is 1.40. The first-order chi connectivity index (χ1) is 7.96. The van der Waals surface area contributed by atoms with Gasteiger partial charge in [-0.25, -0.2) is 4.79 Å². The van der Waals surface area contributed by atoms with Crippen molar-refractivity contribution in [3.63, 3.8) is 0 Å². The third-order valence-electron chi connectivity index (χ3n) is 2.53. The van der Waals surface area contributed by atoms with Crippen LogP contribution in [0.5, 0.6) is 0 Å². The number of nitriles is 1. The van der Waals surface area contributed by atoms with Crippen LogP contribution in [0.4, 0.5) is 4.79 Å². The van der Waals surface area contributed by atoms with Crippen LogP contribution in [0, 0.1) is 17.2 Å². The first-order valence-electron chi connectivity index (χ1n) is 5.62. The molecule has 0 spiro atoms. The summed E-state index contributed by atoms with van der Waals surface area (Å²) in [7, 11) is 1.45. The number of rotatable bonds is 5. The number of likely N-dealkylation sites (N-methyl/N-ethyl adjacent to an activating group) is 1. The molecule has 0 rings (SSSR count). The van der Waals surface area contributed by atoms with Crippen LogP contribution < -0.4 is 10.6 Å². The van der Waals surface area contributed by atoms with Gasteiger partial charge < -0.3 is 5.32 Å². The Hall–Kier alpha value is -1.61. The van der Waals surface area contributed by atoms with Gasteiger partial charge in [-0.1, -0.05) is 6.92 Å². The third kappa shape index (κ3) is 5.31. The van der Waals surface area contributed by atoms with E-state index in [1.807, 2.05) is 11.8 Å². The predicted molar refractivity (Wildman–Crippen MR) is 64.1 cm³/mol. The zero-order chi connectivity index (χ0) is 13.4. The van der Waals surface area contributed by atoms with Gasteiger partial charge >= 0.3 is 6.03 Å². The number of amides is 3. The summed E-state index contributed by atoms with van der Waals surface area (Å²) in [6.45, 7) is 6.58. The summed E-state index contributed by atoms with van der Waals surface area (Å²) >= 11 is 0. The minimum absolute atomic E-state index is 0.148. The lowest BCUT2D eigenvalue weighted by Gasteiger charge is -2.27. The first-order valence-corrected chi connectivity index (χ1v) is 5.62. The van der Waals surface area contributed by atoms with Gasteiger partial charge in [0.25, 0.3) is 0 Å². The molecule has 96 valence electrons. The molecule has 0 aromatic carbocycles. The second kappa shape index (κ2) is 7.63. The molecule has 0 saturated carbocycles. The molecule has 0 bridgehead atoms. The molecule has 0 aliphatic heterocycles. The second-order valence-corrected chi connectivity index (χ2v) is 3.86. The van der Waals surface area contributed by atoms with E-state index in [1.54, 1.807) is 13.8 Å². The van der Waals surface area contributed by atoms with Gasteiger partial charge in [0.05, 0.1) is 18.0 Å². The molecule has 0 aliphatic rings. The van der Waals surface area contributed by atoms with Crippen LogP contribution in [-0.2, 0) is 4.79 Å². The van der Waals surface area contributed by atoms with Crippen LogP contribution in [0.25, 0.3) is 0 Å². The smallest absolute Gasteiger partial charge is 0.321 e. The maximum Gasteiger partial charge on any atom is 0.321 e. The van der Waals surface area contributed by atoms with Gasteiger partial charge in [-0.2, -0.15) is 5.26 Å². The molecule has 6 nitrogen and oxygen atoms in total. The number of nitrogens with zero attached hydrogens (tertiary/aromatic N) is 2. The number of nitrogens with one attached hydrogen (secondary N) is 2. The number of hydrogen-bond donors (Lipinski definition) is 2. The Bertz CT molecular complexity index is 311. The van der Waals surface area contributed by atoms with E-state index >= 15 is 0 Å². The minimum atomic E-state index is -0.522. The molecule has 0 aromatic rings. The van der Waals surface area contributed by atoms with Crippen molar-refractivity contribution in [1.82, 2.24) is 15.5 Å². The highest BCUT2D eigenvalue weighted by Crippen LogP contribution is 2.04. The topological polar surface area (TPSA) is 85.2 Å².